The van der Waals surface area contributed by atoms with Gasteiger partial charge in [-0.3, -0.25) is 19.2 Å². The number of aldehydes is 1. The van der Waals surface area contributed by atoms with Gasteiger partial charge in [-0.2, -0.15) is 0 Å². The van der Waals surface area contributed by atoms with Gasteiger partial charge in [-0.1, -0.05) is 57.2 Å². The molecule has 1 saturated heterocycles. The minimum absolute atomic E-state index is 0.318. The highest BCUT2D eigenvalue weighted by Crippen LogP contribution is 2.27. The summed E-state index contributed by atoms with van der Waals surface area (Å²) < 4.78 is 0. The van der Waals surface area contributed by atoms with Crippen LogP contribution in [0, 0.1) is 5.41 Å². The number of fused-ring (bicyclic) bond motifs is 1. The minimum atomic E-state index is -1.22. The number of amides is 3. The number of rotatable bonds is 8. The Bertz CT molecular complexity index is 1130. The molecule has 3 rings (SSSR count). The number of carbonyl (C=O) groups excluding carboxylic acids is 4. The van der Waals surface area contributed by atoms with E-state index in [1.165, 1.54) is 4.90 Å². The minimum Gasteiger partial charge on any atom is -0.481 e. The summed E-state index contributed by atoms with van der Waals surface area (Å²) in [7, 11) is 0. The maximum Gasteiger partial charge on any atom is 0.305 e. The van der Waals surface area contributed by atoms with Crippen LogP contribution in [0.2, 0.25) is 0 Å². The van der Waals surface area contributed by atoms with Gasteiger partial charge in [0.25, 0.3) is 5.91 Å². The molecule has 3 atom stereocenters. The van der Waals surface area contributed by atoms with E-state index in [-0.39, 0.29) is 0 Å². The highest BCUT2D eigenvalue weighted by atomic mass is 16.4. The predicted octanol–water partition coefficient (Wildman–Crippen LogP) is 2.13. The molecule has 1 aliphatic heterocycles. The van der Waals surface area contributed by atoms with Crippen LogP contribution in [0.1, 0.15) is 50.4 Å². The second kappa shape index (κ2) is 10.7. The van der Waals surface area contributed by atoms with Crippen LogP contribution in [0.15, 0.2) is 42.5 Å². The summed E-state index contributed by atoms with van der Waals surface area (Å²) in [4.78, 5) is 63.3. The van der Waals surface area contributed by atoms with Crippen molar-refractivity contribution < 1.29 is 29.1 Å². The fourth-order valence-electron chi connectivity index (χ4n) is 4.35. The summed E-state index contributed by atoms with van der Waals surface area (Å²) in [6.45, 7) is 5.82. The van der Waals surface area contributed by atoms with Crippen molar-refractivity contribution in [2.45, 2.75) is 58.2 Å². The van der Waals surface area contributed by atoms with Crippen LogP contribution in [0.5, 0.6) is 0 Å². The second-order valence-electron chi connectivity index (χ2n) is 9.84. The molecule has 0 radical (unpaired) electrons. The van der Waals surface area contributed by atoms with Gasteiger partial charge in [-0.05, 0) is 35.1 Å². The summed E-state index contributed by atoms with van der Waals surface area (Å²) in [5.74, 6) is -2.59. The number of carboxylic acid groups (broad SMARTS) is 1. The van der Waals surface area contributed by atoms with Crippen molar-refractivity contribution in [3.8, 4) is 0 Å². The second-order valence-corrected chi connectivity index (χ2v) is 9.84. The fraction of sp³-hybridized carbons (Fsp3) is 0.423. The van der Waals surface area contributed by atoms with E-state index in [9.17, 15) is 24.0 Å². The van der Waals surface area contributed by atoms with Crippen molar-refractivity contribution in [1.29, 1.82) is 0 Å². The molecule has 0 aliphatic carbocycles. The van der Waals surface area contributed by atoms with E-state index < -0.39 is 53.7 Å². The lowest BCUT2D eigenvalue weighted by atomic mass is 9.85. The summed E-state index contributed by atoms with van der Waals surface area (Å²) >= 11 is 0. The molecule has 1 fully saturated rings. The van der Waals surface area contributed by atoms with E-state index in [4.69, 9.17) is 5.11 Å². The third kappa shape index (κ3) is 6.03. The van der Waals surface area contributed by atoms with E-state index in [2.05, 4.69) is 10.6 Å². The van der Waals surface area contributed by atoms with Gasteiger partial charge in [0.1, 0.15) is 18.4 Å². The number of benzene rings is 2. The number of nitrogens with one attached hydrogen (secondary N) is 2. The first kappa shape index (κ1) is 25.9. The molecule has 1 aliphatic rings. The van der Waals surface area contributed by atoms with Gasteiger partial charge in [-0.15, -0.1) is 0 Å². The zero-order chi connectivity index (χ0) is 25.8. The third-order valence-electron chi connectivity index (χ3n) is 6.15. The lowest BCUT2D eigenvalue weighted by Crippen LogP contribution is -2.58. The Kier molecular flexibility index (Phi) is 7.89. The van der Waals surface area contributed by atoms with E-state index in [0.29, 0.717) is 31.2 Å². The molecule has 0 aromatic heterocycles. The number of aliphatic carboxylic acids is 1. The van der Waals surface area contributed by atoms with Gasteiger partial charge in [0.15, 0.2) is 0 Å². The summed E-state index contributed by atoms with van der Waals surface area (Å²) in [5.41, 5.74) is -0.210. The topological polar surface area (TPSA) is 133 Å². The third-order valence-corrected chi connectivity index (χ3v) is 6.15. The molecule has 1 unspecified atom stereocenters. The number of hydrogen-bond donors (Lipinski definition) is 3. The number of likely N-dealkylation sites (tertiary alicyclic amines) is 1. The summed E-state index contributed by atoms with van der Waals surface area (Å²) in [6.07, 6.45) is 0.782. The van der Waals surface area contributed by atoms with Gasteiger partial charge in [-0.25, -0.2) is 0 Å². The molecule has 0 saturated carbocycles. The van der Waals surface area contributed by atoms with Crippen molar-refractivity contribution >= 4 is 40.7 Å². The van der Waals surface area contributed by atoms with Gasteiger partial charge in [0, 0.05) is 12.1 Å². The van der Waals surface area contributed by atoms with Gasteiger partial charge in [0.05, 0.1) is 12.5 Å². The molecule has 9 nitrogen and oxygen atoms in total. The van der Waals surface area contributed by atoms with Crippen molar-refractivity contribution in [2.24, 2.45) is 5.41 Å². The highest BCUT2D eigenvalue weighted by Gasteiger charge is 2.42. The largest absolute Gasteiger partial charge is 0.481 e. The molecule has 2 aromatic rings. The van der Waals surface area contributed by atoms with E-state index in [1.54, 1.807) is 12.1 Å². The first-order chi connectivity index (χ1) is 16.5. The zero-order valence-corrected chi connectivity index (χ0v) is 20.1. The molecular weight excluding hydrogens is 450 g/mol. The Labute approximate surface area is 203 Å². The number of carbonyl (C=O) groups is 5. The van der Waals surface area contributed by atoms with Crippen molar-refractivity contribution in [1.82, 2.24) is 15.5 Å². The Morgan fingerprint density at radius 2 is 1.77 bits per heavy atom. The van der Waals surface area contributed by atoms with Crippen molar-refractivity contribution in [3.63, 3.8) is 0 Å². The maximum absolute atomic E-state index is 13.6. The molecule has 0 bridgehead atoms. The first-order valence-electron chi connectivity index (χ1n) is 11.6. The number of hydrogen-bond acceptors (Lipinski definition) is 5. The molecule has 2 aromatic carbocycles. The SMILES string of the molecule is CC(C)(C)C(NC(=O)c1cccc2ccccc12)C(=O)N1CCC[C@H]1C(=O)N[C@H](C=O)CC(=O)O. The van der Waals surface area contributed by atoms with Crippen LogP contribution in [0.3, 0.4) is 0 Å². The van der Waals surface area contributed by atoms with Crippen molar-refractivity contribution in [3.05, 3.63) is 48.0 Å². The molecule has 9 heteroatoms. The van der Waals surface area contributed by atoms with Crippen LogP contribution in [-0.2, 0) is 19.2 Å². The molecule has 0 spiro atoms. The quantitative estimate of drug-likeness (QED) is 0.495. The van der Waals surface area contributed by atoms with E-state index in [0.717, 1.165) is 10.8 Å². The standard InChI is InChI=1S/C26H31N3O6/c1-26(2,3)22(28-23(33)19-11-6-9-16-8-4-5-10-18(16)19)25(35)29-13-7-12-20(29)24(34)27-17(15-30)14-21(31)32/h4-6,8-11,15,17,20,22H,7,12-14H2,1-3H3,(H,27,34)(H,28,33)(H,31,32)/t17-,20-,22?/m0/s1. The molecule has 1 heterocycles. The number of nitrogens with zero attached hydrogens (tertiary/aromatic N) is 1. The molecule has 3 N–H and O–H groups in total. The van der Waals surface area contributed by atoms with Gasteiger partial charge >= 0.3 is 5.97 Å². The Morgan fingerprint density at radius 1 is 1.09 bits per heavy atom. The lowest BCUT2D eigenvalue weighted by molar-refractivity contribution is -0.143. The zero-order valence-electron chi connectivity index (χ0n) is 20.1. The smallest absolute Gasteiger partial charge is 0.305 e. The molecule has 186 valence electrons. The van der Waals surface area contributed by atoms with E-state index >= 15 is 0 Å². The highest BCUT2D eigenvalue weighted by molar-refractivity contribution is 6.08. The molecular formula is C26H31N3O6. The molecule has 35 heavy (non-hydrogen) atoms. The average Bonchev–Trinajstić information content (AvgIpc) is 3.30. The fourth-order valence-corrected chi connectivity index (χ4v) is 4.35. The number of carboxylic acids is 1. The first-order valence-corrected chi connectivity index (χ1v) is 11.6. The Balaban J connectivity index is 1.81. The van der Waals surface area contributed by atoms with Gasteiger partial charge in [0.2, 0.25) is 11.8 Å². The predicted molar refractivity (Wildman–Crippen MR) is 130 cm³/mol. The Hall–Kier alpha value is -3.75. The normalized spacial score (nSPS) is 17.5. The van der Waals surface area contributed by atoms with E-state index in [1.807, 2.05) is 51.1 Å². The van der Waals surface area contributed by atoms with Crippen molar-refractivity contribution in [2.75, 3.05) is 6.54 Å². The van der Waals surface area contributed by atoms with Crippen LogP contribution in [-0.4, -0.2) is 64.7 Å². The van der Waals surface area contributed by atoms with Crippen LogP contribution < -0.4 is 10.6 Å². The van der Waals surface area contributed by atoms with Crippen LogP contribution >= 0.6 is 0 Å². The summed E-state index contributed by atoms with van der Waals surface area (Å²) in [6, 6.07) is 9.93. The Morgan fingerprint density at radius 3 is 2.43 bits per heavy atom. The molecule has 3 amide bonds. The monoisotopic (exact) mass is 481 g/mol. The van der Waals surface area contributed by atoms with Gasteiger partial charge < -0.3 is 25.4 Å². The summed E-state index contributed by atoms with van der Waals surface area (Å²) in [5, 5.41) is 15.9. The maximum atomic E-state index is 13.6. The average molecular weight is 482 g/mol. The van der Waals surface area contributed by atoms with Crippen LogP contribution in [0.25, 0.3) is 10.8 Å². The van der Waals surface area contributed by atoms with Crippen LogP contribution in [0.4, 0.5) is 0 Å². The lowest BCUT2D eigenvalue weighted by Gasteiger charge is -2.35.